The van der Waals surface area contributed by atoms with Gasteiger partial charge < -0.3 is 18.8 Å². The summed E-state index contributed by atoms with van der Waals surface area (Å²) in [5.74, 6) is 4.65. The van der Waals surface area contributed by atoms with Gasteiger partial charge in [0.25, 0.3) is 0 Å². The van der Waals surface area contributed by atoms with Gasteiger partial charge in [0.2, 0.25) is 0 Å². The van der Waals surface area contributed by atoms with Crippen molar-refractivity contribution in [3.05, 3.63) is 157 Å². The van der Waals surface area contributed by atoms with Crippen molar-refractivity contribution in [2.75, 3.05) is 0 Å². The molecule has 3 saturated carbocycles. The van der Waals surface area contributed by atoms with Gasteiger partial charge in [-0.15, -0.1) is 0 Å². The lowest BCUT2D eigenvalue weighted by Crippen LogP contribution is -2.25. The SMILES string of the molecule is CC(C)c1cc(F)c(C(=O)CC2CCC(Oc3ccc(C#N)c(Cl)c3)CC2)cn1.CC(C)c1cnc(C(=O)CC2CCC(Oc3ccc(C#N)c(Cl)c3)CC2)cn1.CC(C)c1cnc(C2CCC(Oc3ccc(C#N)c(Cl)c3)CC2)n1C. The molecule has 0 aliphatic heterocycles. The smallest absolute Gasteiger partial charge is 0.183 e. The van der Waals surface area contributed by atoms with Gasteiger partial charge >= 0.3 is 0 Å². The van der Waals surface area contributed by atoms with Gasteiger partial charge in [0, 0.05) is 74.0 Å². The molecule has 9 rings (SSSR count). The zero-order valence-electron chi connectivity index (χ0n) is 47.8. The fourth-order valence-electron chi connectivity index (χ4n) is 10.7. The average molecular weight is 1170 g/mol. The third-order valence-corrected chi connectivity index (χ3v) is 16.6. The van der Waals surface area contributed by atoms with Crippen LogP contribution in [0, 0.1) is 51.6 Å². The second kappa shape index (κ2) is 29.9. The largest absolute Gasteiger partial charge is 0.490 e. The zero-order chi connectivity index (χ0) is 59.0. The zero-order valence-corrected chi connectivity index (χ0v) is 50.1. The van der Waals surface area contributed by atoms with E-state index in [1.165, 1.54) is 23.8 Å². The Bertz CT molecular complexity index is 3270. The van der Waals surface area contributed by atoms with Crippen LogP contribution in [0.2, 0.25) is 15.1 Å². The van der Waals surface area contributed by atoms with Gasteiger partial charge in [0.1, 0.15) is 52.8 Å². The minimum Gasteiger partial charge on any atom is -0.490 e. The first-order valence-electron chi connectivity index (χ1n) is 28.5. The van der Waals surface area contributed by atoms with Gasteiger partial charge in [0.15, 0.2) is 11.6 Å². The molecule has 430 valence electrons. The number of aromatic nitrogens is 5. The van der Waals surface area contributed by atoms with E-state index in [0.717, 1.165) is 88.5 Å². The number of carbonyl (C=O) groups excluding carboxylic acids is 2. The van der Waals surface area contributed by atoms with Crippen molar-refractivity contribution in [2.24, 2.45) is 18.9 Å². The number of pyridine rings is 1. The molecule has 3 aromatic carbocycles. The number of carbonyl (C=O) groups is 2. The van der Waals surface area contributed by atoms with Crippen LogP contribution in [-0.2, 0) is 7.05 Å². The highest BCUT2D eigenvalue weighted by Crippen LogP contribution is 2.37. The number of hydrogen-bond donors (Lipinski definition) is 0. The third kappa shape index (κ3) is 17.3. The number of ether oxygens (including phenoxy) is 3. The molecular formula is C65H72Cl3FN8O5. The Hall–Kier alpha value is -6.89. The van der Waals surface area contributed by atoms with Crippen LogP contribution in [0.1, 0.15) is 216 Å². The van der Waals surface area contributed by atoms with Gasteiger partial charge in [-0.2, -0.15) is 15.8 Å². The highest BCUT2D eigenvalue weighted by Gasteiger charge is 2.29. The van der Waals surface area contributed by atoms with Crippen LogP contribution in [0.25, 0.3) is 0 Å². The molecule has 3 aliphatic carbocycles. The van der Waals surface area contributed by atoms with Crippen molar-refractivity contribution in [2.45, 2.75) is 173 Å². The molecular weight excluding hydrogens is 1100 g/mol. The van der Waals surface area contributed by atoms with E-state index in [9.17, 15) is 14.0 Å². The van der Waals surface area contributed by atoms with E-state index in [4.69, 9.17) is 64.8 Å². The number of imidazole rings is 1. The summed E-state index contributed by atoms with van der Waals surface area (Å²) in [7, 11) is 2.12. The van der Waals surface area contributed by atoms with E-state index >= 15 is 0 Å². The first-order chi connectivity index (χ1) is 39.3. The fraction of sp³-hybridized carbons (Fsp3) is 0.462. The first-order valence-corrected chi connectivity index (χ1v) is 29.6. The maximum Gasteiger partial charge on any atom is 0.183 e. The minimum atomic E-state index is -0.483. The summed E-state index contributed by atoms with van der Waals surface area (Å²) >= 11 is 18.2. The Morgan fingerprint density at radius 3 is 1.34 bits per heavy atom. The molecule has 0 amide bonds. The standard InChI is InChI=1S/C23H24ClFN2O2.C22H24ClN3O2.C20H24ClN3O/c1-14(2)22-11-21(25)19(13-27-22)23(28)9-15-3-6-17(7-4-15)29-18-8-5-16(12-26)20(24)10-18;1-14(2)20-12-26-21(13-25-20)22(27)9-15-3-6-17(7-4-15)28-18-8-5-16(11-24)19(23)10-18;1-13(2)19-12-23-20(24(19)3)14-4-7-16(8-5-14)25-17-9-6-15(11-22)18(21)10-17/h5,8,10-11,13-15,17H,3-4,6-7,9H2,1-2H3;5,8,10,12-15,17H,3-4,6-7,9H2,1-2H3;6,9-10,12-14,16H,4-5,7-8H2,1-3H3. The van der Waals surface area contributed by atoms with Crippen LogP contribution in [0.15, 0.2) is 85.5 Å². The number of hydrogen-bond acceptors (Lipinski definition) is 12. The highest BCUT2D eigenvalue weighted by molar-refractivity contribution is 6.32. The van der Waals surface area contributed by atoms with Crippen LogP contribution in [-0.4, -0.2) is 54.4 Å². The summed E-state index contributed by atoms with van der Waals surface area (Å²) in [6.07, 6.45) is 19.1. The third-order valence-electron chi connectivity index (χ3n) is 15.6. The van der Waals surface area contributed by atoms with Gasteiger partial charge in [0.05, 0.1) is 67.5 Å². The van der Waals surface area contributed by atoms with Crippen molar-refractivity contribution in [1.82, 2.24) is 24.5 Å². The molecule has 0 spiro atoms. The van der Waals surface area contributed by atoms with E-state index < -0.39 is 5.82 Å². The lowest BCUT2D eigenvalue weighted by atomic mass is 9.83. The van der Waals surface area contributed by atoms with Crippen LogP contribution in [0.3, 0.4) is 0 Å². The Labute approximate surface area is 497 Å². The molecule has 3 aromatic heterocycles. The van der Waals surface area contributed by atoms with Crippen molar-refractivity contribution in [1.29, 1.82) is 15.8 Å². The Kier molecular flexibility index (Phi) is 22.9. The molecule has 3 fully saturated rings. The van der Waals surface area contributed by atoms with E-state index in [0.29, 0.717) is 91.2 Å². The van der Waals surface area contributed by atoms with Crippen LogP contribution in [0.4, 0.5) is 4.39 Å². The molecule has 6 aromatic rings. The minimum absolute atomic E-state index is 0.0501. The Morgan fingerprint density at radius 2 is 0.976 bits per heavy atom. The predicted octanol–water partition coefficient (Wildman–Crippen LogP) is 16.6. The second-order valence-electron chi connectivity index (χ2n) is 22.6. The lowest BCUT2D eigenvalue weighted by Gasteiger charge is -2.29. The van der Waals surface area contributed by atoms with Crippen molar-refractivity contribution < 1.29 is 28.2 Å². The molecule has 0 N–H and O–H groups in total. The van der Waals surface area contributed by atoms with Crippen molar-refractivity contribution in [3.8, 4) is 35.5 Å². The molecule has 0 radical (unpaired) electrons. The first kappa shape index (κ1) is 62.7. The van der Waals surface area contributed by atoms with E-state index in [1.807, 2.05) is 38.2 Å². The van der Waals surface area contributed by atoms with Gasteiger partial charge in [-0.25, -0.2) is 14.4 Å². The molecule has 3 aliphatic rings. The van der Waals surface area contributed by atoms with Crippen LogP contribution in [0.5, 0.6) is 17.2 Å². The fourth-order valence-corrected chi connectivity index (χ4v) is 11.4. The number of nitrogens with zero attached hydrogens (tertiary/aromatic N) is 8. The highest BCUT2D eigenvalue weighted by atomic mass is 35.5. The summed E-state index contributed by atoms with van der Waals surface area (Å²) in [6, 6.07) is 23.0. The lowest BCUT2D eigenvalue weighted by molar-refractivity contribution is 0.0892. The normalized spacial score (nSPS) is 19.5. The Balaban J connectivity index is 0.000000178. The summed E-state index contributed by atoms with van der Waals surface area (Å²) in [5.41, 5.74) is 4.73. The monoisotopic (exact) mass is 1170 g/mol. The molecule has 0 unspecified atom stereocenters. The number of halogens is 4. The molecule has 0 atom stereocenters. The Morgan fingerprint density at radius 1 is 0.549 bits per heavy atom. The van der Waals surface area contributed by atoms with Crippen molar-refractivity contribution in [3.63, 3.8) is 0 Å². The summed E-state index contributed by atoms with van der Waals surface area (Å²) in [5, 5.41) is 28.1. The predicted molar refractivity (Wildman–Crippen MR) is 316 cm³/mol. The molecule has 3 heterocycles. The van der Waals surface area contributed by atoms with Gasteiger partial charge in [-0.3, -0.25) is 19.6 Å². The number of rotatable bonds is 16. The van der Waals surface area contributed by atoms with Crippen molar-refractivity contribution >= 4 is 46.4 Å². The molecule has 0 bridgehead atoms. The molecule has 0 saturated heterocycles. The van der Waals surface area contributed by atoms with E-state index in [1.54, 1.807) is 60.9 Å². The number of ketones is 2. The quantitative estimate of drug-likeness (QED) is 0.0835. The summed E-state index contributed by atoms with van der Waals surface area (Å²) < 4.78 is 34.6. The molecule has 13 nitrogen and oxygen atoms in total. The maximum atomic E-state index is 14.3. The molecule has 17 heteroatoms. The average Bonchev–Trinajstić information content (AvgIpc) is 4.00. The number of Topliss-reactive ketones (excluding diaryl/α,β-unsaturated/α-hetero) is 2. The van der Waals surface area contributed by atoms with E-state index in [-0.39, 0.29) is 47.3 Å². The van der Waals surface area contributed by atoms with Gasteiger partial charge in [-0.1, -0.05) is 76.3 Å². The van der Waals surface area contributed by atoms with Crippen LogP contribution < -0.4 is 14.2 Å². The van der Waals surface area contributed by atoms with Gasteiger partial charge in [-0.05, 0) is 149 Å². The summed E-state index contributed by atoms with van der Waals surface area (Å²) in [6.45, 7) is 12.4. The maximum absolute atomic E-state index is 14.3. The summed E-state index contributed by atoms with van der Waals surface area (Å²) in [4.78, 5) is 42.5. The van der Waals surface area contributed by atoms with E-state index in [2.05, 4.69) is 65.3 Å². The van der Waals surface area contributed by atoms with Crippen LogP contribution >= 0.6 is 34.8 Å². The number of nitriles is 3. The topological polar surface area (TPSA) is 190 Å². The molecule has 82 heavy (non-hydrogen) atoms. The number of benzene rings is 3. The second-order valence-corrected chi connectivity index (χ2v) is 23.8.